The zero-order valence-electron chi connectivity index (χ0n) is 18.7. The van der Waals surface area contributed by atoms with Gasteiger partial charge in [0.2, 0.25) is 0 Å². The summed E-state index contributed by atoms with van der Waals surface area (Å²) < 4.78 is 6.22. The highest BCUT2D eigenvalue weighted by molar-refractivity contribution is 5.89. The summed E-state index contributed by atoms with van der Waals surface area (Å²) in [6, 6.07) is 28.4. The van der Waals surface area contributed by atoms with Crippen LogP contribution >= 0.6 is 0 Å². The van der Waals surface area contributed by atoms with Gasteiger partial charge in [0.05, 0.1) is 12.2 Å². The van der Waals surface area contributed by atoms with Crippen molar-refractivity contribution >= 4 is 28.1 Å². The summed E-state index contributed by atoms with van der Waals surface area (Å²) in [5.74, 6) is -0.198. The molecule has 0 radical (unpaired) electrons. The van der Waals surface area contributed by atoms with Gasteiger partial charge >= 0.3 is 5.97 Å². The SMILES string of the molecule is CN(CCOc1c(N)cc(CCC(=O)O)cc1-c1ccc2ccccc2c1)c1ccccc1. The third-order valence-corrected chi connectivity index (χ3v) is 5.74. The van der Waals surface area contributed by atoms with Gasteiger partial charge in [-0.2, -0.15) is 0 Å². The van der Waals surface area contributed by atoms with Crippen LogP contribution in [-0.2, 0) is 11.2 Å². The van der Waals surface area contributed by atoms with Gasteiger partial charge in [0.25, 0.3) is 0 Å². The van der Waals surface area contributed by atoms with E-state index >= 15 is 0 Å². The molecule has 0 aromatic heterocycles. The minimum Gasteiger partial charge on any atom is -0.489 e. The third-order valence-electron chi connectivity index (χ3n) is 5.74. The number of benzene rings is 4. The van der Waals surface area contributed by atoms with Crippen LogP contribution < -0.4 is 15.4 Å². The Hall–Kier alpha value is -3.99. The number of aliphatic carboxylic acids is 1. The molecule has 0 aliphatic rings. The molecule has 0 aliphatic heterocycles. The van der Waals surface area contributed by atoms with Crippen LogP contribution in [0.5, 0.6) is 5.75 Å². The smallest absolute Gasteiger partial charge is 0.303 e. The van der Waals surface area contributed by atoms with Gasteiger partial charge in [0, 0.05) is 24.7 Å². The Balaban J connectivity index is 1.63. The summed E-state index contributed by atoms with van der Waals surface area (Å²) >= 11 is 0. The number of nitrogens with two attached hydrogens (primary N) is 1. The summed E-state index contributed by atoms with van der Waals surface area (Å²) in [6.07, 6.45) is 0.468. The summed E-state index contributed by atoms with van der Waals surface area (Å²) in [7, 11) is 2.03. The molecule has 5 nitrogen and oxygen atoms in total. The molecule has 0 saturated heterocycles. The molecule has 33 heavy (non-hydrogen) atoms. The van der Waals surface area contributed by atoms with E-state index in [0.29, 0.717) is 31.0 Å². The lowest BCUT2D eigenvalue weighted by molar-refractivity contribution is -0.136. The molecule has 3 N–H and O–H groups in total. The quantitative estimate of drug-likeness (QED) is 0.330. The zero-order chi connectivity index (χ0) is 23.2. The molecule has 0 unspecified atom stereocenters. The van der Waals surface area contributed by atoms with Gasteiger partial charge in [-0.1, -0.05) is 54.6 Å². The summed E-state index contributed by atoms with van der Waals surface area (Å²) in [5.41, 5.74) is 10.8. The number of carboxylic acid groups (broad SMARTS) is 1. The number of carbonyl (C=O) groups is 1. The maximum atomic E-state index is 11.1. The summed E-state index contributed by atoms with van der Waals surface area (Å²) in [5, 5.41) is 11.4. The highest BCUT2D eigenvalue weighted by atomic mass is 16.5. The largest absolute Gasteiger partial charge is 0.489 e. The minimum atomic E-state index is -0.829. The van der Waals surface area contributed by atoms with E-state index in [2.05, 4.69) is 47.4 Å². The lowest BCUT2D eigenvalue weighted by Crippen LogP contribution is -2.24. The molecule has 0 saturated carbocycles. The van der Waals surface area contributed by atoms with Gasteiger partial charge in [-0.25, -0.2) is 0 Å². The second-order valence-electron chi connectivity index (χ2n) is 8.12. The Kier molecular flexibility index (Phi) is 6.79. The normalized spacial score (nSPS) is 10.8. The van der Waals surface area contributed by atoms with Gasteiger partial charge < -0.3 is 20.5 Å². The van der Waals surface area contributed by atoms with Crippen molar-refractivity contribution in [2.24, 2.45) is 0 Å². The Morgan fingerprint density at radius 1 is 0.939 bits per heavy atom. The number of anilines is 2. The second-order valence-corrected chi connectivity index (χ2v) is 8.12. The number of fused-ring (bicyclic) bond motifs is 1. The average Bonchev–Trinajstić information content (AvgIpc) is 2.83. The van der Waals surface area contributed by atoms with Crippen molar-refractivity contribution in [3.63, 3.8) is 0 Å². The van der Waals surface area contributed by atoms with Crippen molar-refractivity contribution in [3.8, 4) is 16.9 Å². The molecule has 0 amide bonds. The van der Waals surface area contributed by atoms with Crippen LogP contribution in [-0.4, -0.2) is 31.3 Å². The van der Waals surface area contributed by atoms with Crippen LogP contribution in [0.3, 0.4) is 0 Å². The molecule has 0 spiro atoms. The monoisotopic (exact) mass is 440 g/mol. The van der Waals surface area contributed by atoms with Gasteiger partial charge in [0.15, 0.2) is 0 Å². The van der Waals surface area contributed by atoms with E-state index < -0.39 is 5.97 Å². The number of nitrogen functional groups attached to an aromatic ring is 1. The fourth-order valence-corrected chi connectivity index (χ4v) is 3.94. The Morgan fingerprint density at radius 2 is 1.67 bits per heavy atom. The number of hydrogen-bond acceptors (Lipinski definition) is 4. The number of hydrogen-bond donors (Lipinski definition) is 2. The topological polar surface area (TPSA) is 75.8 Å². The molecular formula is C28H28N2O3. The predicted octanol–water partition coefficient (Wildman–Crippen LogP) is 5.62. The number of nitrogens with zero attached hydrogens (tertiary/aromatic N) is 1. The molecule has 5 heteroatoms. The molecular weight excluding hydrogens is 412 g/mol. The maximum Gasteiger partial charge on any atom is 0.303 e. The molecule has 4 aromatic rings. The Labute approximate surface area is 194 Å². The number of rotatable bonds is 9. The van der Waals surface area contributed by atoms with Crippen molar-refractivity contribution in [1.82, 2.24) is 0 Å². The number of likely N-dealkylation sites (N-methyl/N-ethyl adjacent to an activating group) is 1. The van der Waals surface area contributed by atoms with Crippen molar-refractivity contribution in [2.45, 2.75) is 12.8 Å². The number of ether oxygens (including phenoxy) is 1. The minimum absolute atomic E-state index is 0.0542. The van der Waals surface area contributed by atoms with E-state index in [1.54, 1.807) is 0 Å². The van der Waals surface area contributed by atoms with Crippen molar-refractivity contribution < 1.29 is 14.6 Å². The van der Waals surface area contributed by atoms with Gasteiger partial charge in [-0.15, -0.1) is 0 Å². The first-order valence-corrected chi connectivity index (χ1v) is 11.0. The molecule has 0 atom stereocenters. The van der Waals surface area contributed by atoms with Crippen LogP contribution in [0.1, 0.15) is 12.0 Å². The molecule has 0 bridgehead atoms. The van der Waals surface area contributed by atoms with Gasteiger partial charge in [0.1, 0.15) is 12.4 Å². The average molecular weight is 441 g/mol. The van der Waals surface area contributed by atoms with Crippen LogP contribution in [0, 0.1) is 0 Å². The Bertz CT molecular complexity index is 1250. The maximum absolute atomic E-state index is 11.1. The Morgan fingerprint density at radius 3 is 2.42 bits per heavy atom. The van der Waals surface area contributed by atoms with E-state index in [0.717, 1.165) is 33.2 Å². The lowest BCUT2D eigenvalue weighted by atomic mass is 9.96. The molecule has 0 aliphatic carbocycles. The highest BCUT2D eigenvalue weighted by Crippen LogP contribution is 2.38. The van der Waals surface area contributed by atoms with E-state index in [-0.39, 0.29) is 6.42 Å². The molecule has 168 valence electrons. The van der Waals surface area contributed by atoms with Crippen molar-refractivity contribution in [3.05, 3.63) is 90.5 Å². The van der Waals surface area contributed by atoms with Gasteiger partial charge in [-0.05, 0) is 58.7 Å². The third kappa shape index (κ3) is 5.44. The fourth-order valence-electron chi connectivity index (χ4n) is 3.94. The van der Waals surface area contributed by atoms with Crippen molar-refractivity contribution in [2.75, 3.05) is 30.8 Å². The first-order valence-electron chi connectivity index (χ1n) is 11.0. The molecule has 0 fully saturated rings. The fraction of sp³-hybridized carbons (Fsp3) is 0.179. The van der Waals surface area contributed by atoms with Crippen LogP contribution in [0.4, 0.5) is 11.4 Å². The molecule has 4 aromatic carbocycles. The second kappa shape index (κ2) is 10.1. The van der Waals surface area contributed by atoms with Crippen LogP contribution in [0.25, 0.3) is 21.9 Å². The van der Waals surface area contributed by atoms with E-state index in [9.17, 15) is 4.79 Å². The van der Waals surface area contributed by atoms with Crippen LogP contribution in [0.15, 0.2) is 84.9 Å². The highest BCUT2D eigenvalue weighted by Gasteiger charge is 2.14. The first kappa shape index (κ1) is 22.2. The summed E-state index contributed by atoms with van der Waals surface area (Å²) in [4.78, 5) is 13.2. The van der Waals surface area contributed by atoms with Gasteiger partial charge in [-0.3, -0.25) is 4.79 Å². The van der Waals surface area contributed by atoms with Crippen molar-refractivity contribution in [1.29, 1.82) is 0 Å². The predicted molar refractivity (Wildman–Crippen MR) is 135 cm³/mol. The van der Waals surface area contributed by atoms with Crippen LogP contribution in [0.2, 0.25) is 0 Å². The lowest BCUT2D eigenvalue weighted by Gasteiger charge is -2.21. The standard InChI is InChI=1S/C28H28N2O3/c1-30(24-9-3-2-4-10-24)15-16-33-28-25(17-20(18-26(28)29)11-14-27(31)32)23-13-12-21-7-5-6-8-22(21)19-23/h2-10,12-13,17-19H,11,14-16,29H2,1H3,(H,31,32). The molecule has 4 rings (SSSR count). The van der Waals surface area contributed by atoms with E-state index in [1.807, 2.05) is 49.5 Å². The van der Waals surface area contributed by atoms with E-state index in [4.69, 9.17) is 15.6 Å². The number of para-hydroxylation sites is 1. The first-order chi connectivity index (χ1) is 16.0. The molecule has 0 heterocycles. The van der Waals surface area contributed by atoms with E-state index in [1.165, 1.54) is 0 Å². The summed E-state index contributed by atoms with van der Waals surface area (Å²) in [6.45, 7) is 1.16. The number of carboxylic acids is 1. The number of aryl methyl sites for hydroxylation is 1. The zero-order valence-corrected chi connectivity index (χ0v) is 18.7.